The van der Waals surface area contributed by atoms with E-state index in [0.717, 1.165) is 17.1 Å². The molecule has 96 valence electrons. The van der Waals surface area contributed by atoms with Gasteiger partial charge in [-0.05, 0) is 36.7 Å². The van der Waals surface area contributed by atoms with E-state index in [1.165, 1.54) is 11.3 Å². The Balaban J connectivity index is 2.18. The van der Waals surface area contributed by atoms with Crippen LogP contribution in [-0.4, -0.2) is 20.7 Å². The van der Waals surface area contributed by atoms with Gasteiger partial charge >= 0.3 is 0 Å². The van der Waals surface area contributed by atoms with Crippen molar-refractivity contribution in [2.75, 3.05) is 5.32 Å². The number of thiazole rings is 1. The number of nitrogens with zero attached hydrogens (tertiary/aromatic N) is 3. The van der Waals surface area contributed by atoms with E-state index < -0.39 is 0 Å². The first kappa shape index (κ1) is 13.2. The fourth-order valence-corrected chi connectivity index (χ4v) is 2.70. The number of hydrogen-bond donors (Lipinski definition) is 1. The van der Waals surface area contributed by atoms with Crippen molar-refractivity contribution in [2.45, 2.75) is 27.3 Å². The first-order valence-electron chi connectivity index (χ1n) is 5.49. The molecule has 5 nitrogen and oxygen atoms in total. The Morgan fingerprint density at radius 3 is 2.78 bits per heavy atom. The molecule has 0 aliphatic carbocycles. The number of rotatable bonds is 3. The molecular formula is C11H13BrN4OS. The summed E-state index contributed by atoms with van der Waals surface area (Å²) >= 11 is 4.79. The van der Waals surface area contributed by atoms with Gasteiger partial charge in [-0.25, -0.2) is 4.98 Å². The maximum atomic E-state index is 12.0. The summed E-state index contributed by atoms with van der Waals surface area (Å²) in [4.78, 5) is 17.4. The highest BCUT2D eigenvalue weighted by atomic mass is 79.9. The predicted octanol–water partition coefficient (Wildman–Crippen LogP) is 2.99. The summed E-state index contributed by atoms with van der Waals surface area (Å²) < 4.78 is 2.39. The lowest BCUT2D eigenvalue weighted by atomic mass is 10.4. The lowest BCUT2D eigenvalue weighted by Crippen LogP contribution is -2.13. The number of carbonyl (C=O) groups excluding carboxylic acids is 1. The Labute approximate surface area is 117 Å². The fraction of sp³-hybridized carbons (Fsp3) is 0.364. The summed E-state index contributed by atoms with van der Waals surface area (Å²) in [5, 5.41) is 7.55. The molecule has 0 saturated carbocycles. The van der Waals surface area contributed by atoms with Gasteiger partial charge in [0.25, 0.3) is 5.91 Å². The van der Waals surface area contributed by atoms with Gasteiger partial charge in [-0.1, -0.05) is 0 Å². The van der Waals surface area contributed by atoms with Crippen molar-refractivity contribution >= 4 is 38.3 Å². The van der Waals surface area contributed by atoms with Crippen molar-refractivity contribution in [3.8, 4) is 0 Å². The predicted molar refractivity (Wildman–Crippen MR) is 75.1 cm³/mol. The van der Waals surface area contributed by atoms with Gasteiger partial charge in [0.2, 0.25) is 0 Å². The van der Waals surface area contributed by atoms with Gasteiger partial charge < -0.3 is 0 Å². The van der Waals surface area contributed by atoms with E-state index in [4.69, 9.17) is 0 Å². The van der Waals surface area contributed by atoms with Crippen molar-refractivity contribution in [1.82, 2.24) is 14.8 Å². The molecule has 0 fully saturated rings. The van der Waals surface area contributed by atoms with Gasteiger partial charge in [-0.3, -0.25) is 14.8 Å². The molecule has 0 bridgehead atoms. The number of nitrogens with one attached hydrogen (secondary N) is 1. The van der Waals surface area contributed by atoms with Crippen LogP contribution in [0.5, 0.6) is 0 Å². The molecule has 0 saturated heterocycles. The second-order valence-electron chi connectivity index (χ2n) is 3.80. The zero-order valence-corrected chi connectivity index (χ0v) is 12.7. The molecule has 18 heavy (non-hydrogen) atoms. The van der Waals surface area contributed by atoms with Gasteiger partial charge in [0.1, 0.15) is 0 Å². The van der Waals surface area contributed by atoms with E-state index in [1.54, 1.807) is 10.9 Å². The number of hydrogen-bond acceptors (Lipinski definition) is 4. The molecule has 0 atom stereocenters. The minimum Gasteiger partial charge on any atom is -0.296 e. The second kappa shape index (κ2) is 5.19. The molecule has 0 aliphatic rings. The minimum absolute atomic E-state index is 0.247. The van der Waals surface area contributed by atoms with Crippen LogP contribution in [-0.2, 0) is 6.54 Å². The topological polar surface area (TPSA) is 59.8 Å². The number of amides is 1. The van der Waals surface area contributed by atoms with Crippen LogP contribution in [0.3, 0.4) is 0 Å². The molecule has 0 spiro atoms. The lowest BCUT2D eigenvalue weighted by molar-refractivity contribution is 0.102. The Kier molecular flexibility index (Phi) is 3.82. The number of halogens is 1. The van der Waals surface area contributed by atoms with Gasteiger partial charge in [-0.2, -0.15) is 5.10 Å². The van der Waals surface area contributed by atoms with Crippen molar-refractivity contribution in [2.24, 2.45) is 0 Å². The van der Waals surface area contributed by atoms with Crippen molar-refractivity contribution in [3.63, 3.8) is 0 Å². The average Bonchev–Trinajstić information content (AvgIpc) is 2.83. The Morgan fingerprint density at radius 2 is 2.28 bits per heavy atom. The molecule has 0 aliphatic heterocycles. The zero-order chi connectivity index (χ0) is 13.3. The molecule has 1 N–H and O–H groups in total. The third-order valence-electron chi connectivity index (χ3n) is 2.51. The maximum absolute atomic E-state index is 12.0. The minimum atomic E-state index is -0.247. The van der Waals surface area contributed by atoms with E-state index >= 15 is 0 Å². The van der Waals surface area contributed by atoms with Crippen molar-refractivity contribution in [3.05, 3.63) is 26.9 Å². The van der Waals surface area contributed by atoms with Crippen molar-refractivity contribution < 1.29 is 4.79 Å². The largest absolute Gasteiger partial charge is 0.296 e. The van der Waals surface area contributed by atoms with Crippen LogP contribution >= 0.6 is 27.3 Å². The molecule has 7 heteroatoms. The SMILES string of the molecule is CCn1cc(Br)c(C(=O)Nc2nc(C)c(C)s2)n1. The van der Waals surface area contributed by atoms with Gasteiger partial charge in [0.05, 0.1) is 10.2 Å². The number of aromatic nitrogens is 3. The maximum Gasteiger partial charge on any atom is 0.279 e. The first-order chi connectivity index (χ1) is 8.51. The van der Waals surface area contributed by atoms with E-state index in [2.05, 4.69) is 31.3 Å². The molecule has 1 amide bonds. The van der Waals surface area contributed by atoms with E-state index in [1.807, 2.05) is 20.8 Å². The molecule has 0 aromatic carbocycles. The van der Waals surface area contributed by atoms with Crippen LogP contribution < -0.4 is 5.32 Å². The average molecular weight is 329 g/mol. The Morgan fingerprint density at radius 1 is 1.56 bits per heavy atom. The number of carbonyl (C=O) groups is 1. The van der Waals surface area contributed by atoms with Crippen LogP contribution in [0.25, 0.3) is 0 Å². The van der Waals surface area contributed by atoms with Gasteiger partial charge in [-0.15, -0.1) is 11.3 Å². The van der Waals surface area contributed by atoms with Gasteiger partial charge in [0.15, 0.2) is 10.8 Å². The summed E-state index contributed by atoms with van der Waals surface area (Å²) in [7, 11) is 0. The molecule has 2 heterocycles. The molecule has 2 aromatic heterocycles. The normalized spacial score (nSPS) is 10.7. The summed E-state index contributed by atoms with van der Waals surface area (Å²) in [5.74, 6) is -0.247. The smallest absolute Gasteiger partial charge is 0.279 e. The second-order valence-corrected chi connectivity index (χ2v) is 5.85. The molecule has 0 radical (unpaired) electrons. The van der Waals surface area contributed by atoms with Crippen LogP contribution in [0.4, 0.5) is 5.13 Å². The summed E-state index contributed by atoms with van der Waals surface area (Å²) in [6, 6.07) is 0. The third-order valence-corrected chi connectivity index (χ3v) is 4.07. The highest BCUT2D eigenvalue weighted by molar-refractivity contribution is 9.10. The Bertz CT molecular complexity index is 570. The molecule has 2 aromatic rings. The number of aryl methyl sites for hydroxylation is 3. The Hall–Kier alpha value is -1.21. The number of anilines is 1. The molecule has 0 unspecified atom stereocenters. The summed E-state index contributed by atoms with van der Waals surface area (Å²) in [6.45, 7) is 6.59. The molecular weight excluding hydrogens is 316 g/mol. The quantitative estimate of drug-likeness (QED) is 0.942. The first-order valence-corrected chi connectivity index (χ1v) is 7.10. The zero-order valence-electron chi connectivity index (χ0n) is 10.3. The van der Waals surface area contributed by atoms with Gasteiger partial charge in [0, 0.05) is 17.6 Å². The summed E-state index contributed by atoms with van der Waals surface area (Å²) in [6.07, 6.45) is 1.78. The van der Waals surface area contributed by atoms with Crippen LogP contribution in [0, 0.1) is 13.8 Å². The fourth-order valence-electron chi connectivity index (χ4n) is 1.40. The summed E-state index contributed by atoms with van der Waals surface area (Å²) in [5.41, 5.74) is 1.32. The van der Waals surface area contributed by atoms with Crippen molar-refractivity contribution in [1.29, 1.82) is 0 Å². The highest BCUT2D eigenvalue weighted by Crippen LogP contribution is 2.23. The van der Waals surface area contributed by atoms with E-state index in [0.29, 0.717) is 15.3 Å². The van der Waals surface area contributed by atoms with Crippen LogP contribution in [0.2, 0.25) is 0 Å². The van der Waals surface area contributed by atoms with E-state index in [-0.39, 0.29) is 5.91 Å². The molecule has 2 rings (SSSR count). The monoisotopic (exact) mass is 328 g/mol. The van der Waals surface area contributed by atoms with E-state index in [9.17, 15) is 4.79 Å². The highest BCUT2D eigenvalue weighted by Gasteiger charge is 2.16. The standard InChI is InChI=1S/C11H13BrN4OS/c1-4-16-5-8(12)9(15-16)10(17)14-11-13-6(2)7(3)18-11/h5H,4H2,1-3H3,(H,13,14,17). The van der Waals surface area contributed by atoms with Crippen LogP contribution in [0.1, 0.15) is 28.0 Å². The lowest BCUT2D eigenvalue weighted by Gasteiger charge is -1.98. The third kappa shape index (κ3) is 2.62. The van der Waals surface area contributed by atoms with Crippen LogP contribution in [0.15, 0.2) is 10.7 Å².